The van der Waals surface area contributed by atoms with Gasteiger partial charge in [0, 0.05) is 5.54 Å². The van der Waals surface area contributed by atoms with Gasteiger partial charge < -0.3 is 4.90 Å². The molecule has 0 heterocycles. The Hall–Kier alpha value is 0.0400. The highest BCUT2D eigenvalue weighted by atomic mass is 79.9. The fourth-order valence-electron chi connectivity index (χ4n) is 2.24. The molecular weight excluding hydrogens is 384 g/mol. The highest BCUT2D eigenvalue weighted by Gasteiger charge is 2.32. The van der Waals surface area contributed by atoms with Crippen LogP contribution in [0.4, 0.5) is 0 Å². The summed E-state index contributed by atoms with van der Waals surface area (Å²) in [6.45, 7) is 7.87. The van der Waals surface area contributed by atoms with Crippen LogP contribution in [0, 0.1) is 0 Å². The van der Waals surface area contributed by atoms with E-state index in [1.807, 2.05) is 33.8 Å². The number of rotatable bonds is 3. The van der Waals surface area contributed by atoms with Crippen molar-refractivity contribution in [2.24, 2.45) is 0 Å². The Morgan fingerprint density at radius 1 is 1.25 bits per heavy atom. The van der Waals surface area contributed by atoms with Crippen LogP contribution in [0.3, 0.4) is 0 Å². The topological polar surface area (TPSA) is 20.3 Å². The lowest BCUT2D eigenvalue weighted by Gasteiger charge is -2.40. The van der Waals surface area contributed by atoms with Crippen molar-refractivity contribution in [3.05, 3.63) is 32.8 Å². The van der Waals surface area contributed by atoms with Crippen molar-refractivity contribution in [3.8, 4) is 0 Å². The lowest BCUT2D eigenvalue weighted by Crippen LogP contribution is -2.47. The van der Waals surface area contributed by atoms with E-state index in [0.29, 0.717) is 15.1 Å². The number of carbonyl (C=O) groups is 1. The summed E-state index contributed by atoms with van der Waals surface area (Å²) in [5, 5.41) is 1.37. The molecule has 0 radical (unpaired) electrons. The minimum absolute atomic E-state index is 0.00728. The van der Waals surface area contributed by atoms with Gasteiger partial charge in [-0.2, -0.15) is 0 Å². The Balaban J connectivity index is 3.30. The van der Waals surface area contributed by atoms with Gasteiger partial charge in [0.15, 0.2) is 0 Å². The van der Waals surface area contributed by atoms with Gasteiger partial charge in [-0.3, -0.25) is 4.79 Å². The van der Waals surface area contributed by atoms with Crippen molar-refractivity contribution in [2.75, 3.05) is 5.33 Å². The molecule has 0 saturated carbocycles. The van der Waals surface area contributed by atoms with Crippen LogP contribution in [0.15, 0.2) is 12.1 Å². The second-order valence-electron chi connectivity index (χ2n) is 5.51. The van der Waals surface area contributed by atoms with E-state index < -0.39 is 0 Å². The van der Waals surface area contributed by atoms with Crippen molar-refractivity contribution < 1.29 is 4.79 Å². The fraction of sp³-hybridized carbons (Fsp3) is 0.500. The quantitative estimate of drug-likeness (QED) is 0.468. The summed E-state index contributed by atoms with van der Waals surface area (Å²) in [7, 11) is 0. The summed E-state index contributed by atoms with van der Waals surface area (Å²) in [5.74, 6) is -0.00728. The van der Waals surface area contributed by atoms with E-state index in [4.69, 9.17) is 34.8 Å². The lowest BCUT2D eigenvalue weighted by molar-refractivity contribution is -0.135. The minimum Gasteiger partial charge on any atom is -0.330 e. The molecule has 0 aliphatic carbocycles. The smallest absolute Gasteiger partial charge is 0.234 e. The largest absolute Gasteiger partial charge is 0.330 e. The Kier molecular flexibility index (Phi) is 6.21. The maximum Gasteiger partial charge on any atom is 0.234 e. The van der Waals surface area contributed by atoms with Gasteiger partial charge in [0.25, 0.3) is 0 Å². The molecule has 2 nitrogen and oxygen atoms in total. The van der Waals surface area contributed by atoms with Crippen LogP contribution in [0.2, 0.25) is 15.1 Å². The van der Waals surface area contributed by atoms with Crippen LogP contribution >= 0.6 is 50.7 Å². The molecular formula is C14H17BrCl3NO. The normalized spacial score (nSPS) is 13.2. The lowest BCUT2D eigenvalue weighted by atomic mass is 9.98. The average molecular weight is 402 g/mol. The van der Waals surface area contributed by atoms with Crippen molar-refractivity contribution >= 4 is 56.6 Å². The highest BCUT2D eigenvalue weighted by Crippen LogP contribution is 2.39. The van der Waals surface area contributed by atoms with Crippen LogP contribution in [-0.2, 0) is 4.79 Å². The molecule has 0 aliphatic heterocycles. The molecule has 6 heteroatoms. The predicted octanol–water partition coefficient (Wildman–Crippen LogP) is 5.73. The Morgan fingerprint density at radius 2 is 1.80 bits per heavy atom. The zero-order chi connectivity index (χ0) is 15.7. The first-order valence-corrected chi connectivity index (χ1v) is 8.38. The van der Waals surface area contributed by atoms with E-state index in [1.54, 1.807) is 11.0 Å². The molecule has 0 fully saturated rings. The van der Waals surface area contributed by atoms with Crippen molar-refractivity contribution in [1.29, 1.82) is 0 Å². The second kappa shape index (κ2) is 6.87. The van der Waals surface area contributed by atoms with E-state index in [9.17, 15) is 4.79 Å². The van der Waals surface area contributed by atoms with Crippen LogP contribution in [0.5, 0.6) is 0 Å². The van der Waals surface area contributed by atoms with Crippen molar-refractivity contribution in [2.45, 2.75) is 39.3 Å². The third-order valence-electron chi connectivity index (χ3n) is 3.01. The number of nitrogens with zero attached hydrogens (tertiary/aromatic N) is 1. The summed E-state index contributed by atoms with van der Waals surface area (Å²) >= 11 is 21.5. The highest BCUT2D eigenvalue weighted by molar-refractivity contribution is 9.09. The average Bonchev–Trinajstić information content (AvgIpc) is 2.34. The molecule has 1 amide bonds. The SMILES string of the molecule is CC(c1ccc(Cl)c(Cl)c1Cl)N(C(=O)CBr)C(C)(C)C. The maximum atomic E-state index is 12.2. The fourth-order valence-corrected chi connectivity index (χ4v) is 3.21. The molecule has 112 valence electrons. The van der Waals surface area contributed by atoms with E-state index in [1.165, 1.54) is 0 Å². The first-order valence-electron chi connectivity index (χ1n) is 6.12. The number of amides is 1. The van der Waals surface area contributed by atoms with Gasteiger partial charge in [0.05, 0.1) is 26.4 Å². The van der Waals surface area contributed by atoms with Crippen molar-refractivity contribution in [3.63, 3.8) is 0 Å². The molecule has 0 N–H and O–H groups in total. The molecule has 0 aromatic heterocycles. The number of alkyl halides is 1. The van der Waals surface area contributed by atoms with Gasteiger partial charge in [-0.05, 0) is 39.3 Å². The number of benzene rings is 1. The monoisotopic (exact) mass is 399 g/mol. The molecule has 1 aromatic rings. The van der Waals surface area contributed by atoms with Crippen LogP contribution in [-0.4, -0.2) is 21.7 Å². The van der Waals surface area contributed by atoms with Gasteiger partial charge in [0.1, 0.15) is 0 Å². The van der Waals surface area contributed by atoms with Gasteiger partial charge in [-0.1, -0.05) is 56.8 Å². The molecule has 20 heavy (non-hydrogen) atoms. The zero-order valence-corrected chi connectivity index (χ0v) is 15.7. The summed E-state index contributed by atoms with van der Waals surface area (Å²) in [5.41, 5.74) is 0.449. The van der Waals surface area contributed by atoms with E-state index >= 15 is 0 Å². The van der Waals surface area contributed by atoms with Gasteiger partial charge in [-0.25, -0.2) is 0 Å². The summed E-state index contributed by atoms with van der Waals surface area (Å²) in [4.78, 5) is 14.0. The summed E-state index contributed by atoms with van der Waals surface area (Å²) < 4.78 is 0. The molecule has 1 atom stereocenters. The van der Waals surface area contributed by atoms with Crippen LogP contribution < -0.4 is 0 Å². The van der Waals surface area contributed by atoms with Crippen LogP contribution in [0.25, 0.3) is 0 Å². The summed E-state index contributed by atoms with van der Waals surface area (Å²) in [6, 6.07) is 3.30. The van der Waals surface area contributed by atoms with E-state index in [0.717, 1.165) is 5.56 Å². The minimum atomic E-state index is -0.334. The van der Waals surface area contributed by atoms with Gasteiger partial charge in [-0.15, -0.1) is 0 Å². The van der Waals surface area contributed by atoms with E-state index in [2.05, 4.69) is 15.9 Å². The summed E-state index contributed by atoms with van der Waals surface area (Å²) in [6.07, 6.45) is 0. The number of hydrogen-bond donors (Lipinski definition) is 0. The zero-order valence-electron chi connectivity index (χ0n) is 11.8. The molecule has 1 unspecified atom stereocenters. The van der Waals surface area contributed by atoms with Crippen molar-refractivity contribution in [1.82, 2.24) is 4.90 Å². The van der Waals surface area contributed by atoms with Crippen LogP contribution in [0.1, 0.15) is 39.3 Å². The molecule has 0 saturated heterocycles. The third kappa shape index (κ3) is 3.82. The predicted molar refractivity (Wildman–Crippen MR) is 90.3 cm³/mol. The van der Waals surface area contributed by atoms with E-state index in [-0.39, 0.29) is 22.8 Å². The molecule has 0 spiro atoms. The number of hydrogen-bond acceptors (Lipinski definition) is 1. The first kappa shape index (κ1) is 18.1. The standard InChI is InChI=1S/C14H17BrCl3NO/c1-8(19(11(20)7-15)14(2,3)4)9-5-6-10(16)13(18)12(9)17/h5-6,8H,7H2,1-4H3. The molecule has 1 aromatic carbocycles. The third-order valence-corrected chi connectivity index (χ3v) is 4.80. The first-order chi connectivity index (χ1) is 9.11. The molecule has 1 rings (SSSR count). The van der Waals surface area contributed by atoms with Gasteiger partial charge in [0.2, 0.25) is 5.91 Å². The second-order valence-corrected chi connectivity index (χ2v) is 7.23. The number of halogens is 4. The molecule has 0 bridgehead atoms. The molecule has 0 aliphatic rings. The number of carbonyl (C=O) groups excluding carboxylic acids is 1. The Bertz CT molecular complexity index is 514. The Morgan fingerprint density at radius 3 is 2.25 bits per heavy atom. The Labute approximate surface area is 143 Å². The maximum absolute atomic E-state index is 12.2. The van der Waals surface area contributed by atoms with Gasteiger partial charge >= 0.3 is 0 Å².